The molecule has 2 aliphatic rings. The lowest BCUT2D eigenvalue weighted by Crippen LogP contribution is -2.54. The van der Waals surface area contributed by atoms with E-state index in [-0.39, 0.29) is 29.9 Å². The van der Waals surface area contributed by atoms with Crippen molar-refractivity contribution in [2.24, 2.45) is 4.99 Å². The molecule has 0 bridgehead atoms. The minimum absolute atomic E-state index is 0. The Hall–Kier alpha value is -1.95. The second kappa shape index (κ2) is 13.7. The monoisotopic (exact) mass is 575 g/mol. The topological polar surface area (TPSA) is 87.7 Å². The summed E-state index contributed by atoms with van der Waals surface area (Å²) in [5.74, 6) is 3.21. The summed E-state index contributed by atoms with van der Waals surface area (Å²) in [6, 6.07) is 4.15. The molecule has 1 amide bonds. The normalized spacial score (nSPS) is 16.6. The van der Waals surface area contributed by atoms with E-state index in [0.29, 0.717) is 31.3 Å². The van der Waals surface area contributed by atoms with Crippen molar-refractivity contribution in [3.63, 3.8) is 0 Å². The number of guanidine groups is 1. The van der Waals surface area contributed by atoms with Crippen LogP contribution in [0.3, 0.4) is 0 Å². The van der Waals surface area contributed by atoms with E-state index in [4.69, 9.17) is 19.2 Å². The third-order valence-electron chi connectivity index (χ3n) is 5.76. The number of nitrogens with one attached hydrogen (secondary N) is 2. The lowest BCUT2D eigenvalue weighted by Gasteiger charge is -2.36. The van der Waals surface area contributed by atoms with Gasteiger partial charge in [0.1, 0.15) is 17.2 Å². The van der Waals surface area contributed by atoms with Crippen molar-refractivity contribution in [2.75, 3.05) is 67.1 Å². The highest BCUT2D eigenvalue weighted by molar-refractivity contribution is 14.0. The van der Waals surface area contributed by atoms with Crippen molar-refractivity contribution < 1.29 is 19.0 Å². The molecule has 0 atom stereocenters. The molecule has 0 aromatic heterocycles. The standard InChI is InChI=1S/C23H37N5O4.HI/c1-5-24-23(28-12-10-27(11-13-28)16-22(29)26-17-6-7-17)25-9-8-19-20(31-3)14-18(30-2)15-21(19)32-4;/h14-15,17H,5-13,16H2,1-4H3,(H,24,25)(H,26,29);1H. The Labute approximate surface area is 214 Å². The van der Waals surface area contributed by atoms with Crippen LogP contribution in [0.15, 0.2) is 17.1 Å². The molecule has 1 aromatic rings. The fourth-order valence-corrected chi connectivity index (χ4v) is 3.85. The summed E-state index contributed by atoms with van der Waals surface area (Å²) in [7, 11) is 4.92. The highest BCUT2D eigenvalue weighted by Gasteiger charge is 2.26. The maximum Gasteiger partial charge on any atom is 0.234 e. The van der Waals surface area contributed by atoms with Gasteiger partial charge >= 0.3 is 0 Å². The van der Waals surface area contributed by atoms with E-state index >= 15 is 0 Å². The molecule has 2 fully saturated rings. The summed E-state index contributed by atoms with van der Waals surface area (Å²) < 4.78 is 16.4. The first-order valence-corrected chi connectivity index (χ1v) is 11.4. The lowest BCUT2D eigenvalue weighted by molar-refractivity contribution is -0.122. The fraction of sp³-hybridized carbons (Fsp3) is 0.652. The van der Waals surface area contributed by atoms with Gasteiger partial charge in [-0.25, -0.2) is 0 Å². The molecule has 1 saturated carbocycles. The maximum atomic E-state index is 12.1. The van der Waals surface area contributed by atoms with E-state index in [1.54, 1.807) is 21.3 Å². The molecule has 0 unspecified atom stereocenters. The predicted octanol–water partition coefficient (Wildman–Crippen LogP) is 1.73. The summed E-state index contributed by atoms with van der Waals surface area (Å²) in [6.45, 7) is 7.35. The van der Waals surface area contributed by atoms with Crippen LogP contribution in [0.1, 0.15) is 25.3 Å². The number of ether oxygens (including phenoxy) is 3. The molecule has 10 heteroatoms. The molecule has 3 rings (SSSR count). The number of amides is 1. The SMILES string of the molecule is CCNC(=NCCc1c(OC)cc(OC)cc1OC)N1CCN(CC(=O)NC2CC2)CC1.I. The largest absolute Gasteiger partial charge is 0.496 e. The summed E-state index contributed by atoms with van der Waals surface area (Å²) in [5, 5.41) is 6.47. The molecule has 0 radical (unpaired) electrons. The Morgan fingerprint density at radius 2 is 1.70 bits per heavy atom. The van der Waals surface area contributed by atoms with Crippen molar-refractivity contribution in [1.29, 1.82) is 0 Å². The summed E-state index contributed by atoms with van der Waals surface area (Å²) >= 11 is 0. The van der Waals surface area contributed by atoms with Gasteiger partial charge in [0, 0.05) is 63.0 Å². The Balaban J connectivity index is 0.00000385. The lowest BCUT2D eigenvalue weighted by atomic mass is 10.1. The van der Waals surface area contributed by atoms with Gasteiger partial charge in [0.05, 0.1) is 27.9 Å². The van der Waals surface area contributed by atoms with Crippen molar-refractivity contribution in [3.8, 4) is 17.2 Å². The zero-order valence-electron chi connectivity index (χ0n) is 20.2. The van der Waals surface area contributed by atoms with Gasteiger partial charge in [0.25, 0.3) is 0 Å². The zero-order valence-corrected chi connectivity index (χ0v) is 22.5. The number of methoxy groups -OCH3 is 3. The molecular weight excluding hydrogens is 537 g/mol. The highest BCUT2D eigenvalue weighted by Crippen LogP contribution is 2.34. The minimum atomic E-state index is 0. The van der Waals surface area contributed by atoms with E-state index in [1.165, 1.54) is 0 Å². The first kappa shape index (κ1) is 27.3. The number of hydrogen-bond donors (Lipinski definition) is 2. The zero-order chi connectivity index (χ0) is 22.9. The molecule has 1 aromatic carbocycles. The molecule has 1 saturated heterocycles. The minimum Gasteiger partial charge on any atom is -0.496 e. The second-order valence-electron chi connectivity index (χ2n) is 8.10. The Morgan fingerprint density at radius 3 is 2.21 bits per heavy atom. The van der Waals surface area contributed by atoms with Crippen LogP contribution in [0.4, 0.5) is 0 Å². The molecule has 2 N–H and O–H groups in total. The van der Waals surface area contributed by atoms with Crippen LogP contribution in [-0.4, -0.2) is 94.9 Å². The van der Waals surface area contributed by atoms with Crippen LogP contribution in [-0.2, 0) is 11.2 Å². The molecule has 1 heterocycles. The number of carbonyl (C=O) groups excluding carboxylic acids is 1. The second-order valence-corrected chi connectivity index (χ2v) is 8.10. The van der Waals surface area contributed by atoms with Crippen LogP contribution >= 0.6 is 24.0 Å². The summed E-state index contributed by atoms with van der Waals surface area (Å²) in [5.41, 5.74) is 0.974. The van der Waals surface area contributed by atoms with Gasteiger partial charge < -0.3 is 29.7 Å². The van der Waals surface area contributed by atoms with Crippen molar-refractivity contribution in [1.82, 2.24) is 20.4 Å². The Kier molecular flexibility index (Phi) is 11.3. The number of rotatable bonds is 10. The molecule has 0 spiro atoms. The molecule has 33 heavy (non-hydrogen) atoms. The van der Waals surface area contributed by atoms with Gasteiger partial charge in [0.2, 0.25) is 5.91 Å². The van der Waals surface area contributed by atoms with Gasteiger partial charge in [-0.3, -0.25) is 14.7 Å². The van der Waals surface area contributed by atoms with Gasteiger partial charge in [-0.2, -0.15) is 0 Å². The third kappa shape index (κ3) is 8.09. The predicted molar refractivity (Wildman–Crippen MR) is 140 cm³/mol. The smallest absolute Gasteiger partial charge is 0.234 e. The summed E-state index contributed by atoms with van der Waals surface area (Å²) in [4.78, 5) is 21.4. The van der Waals surface area contributed by atoms with E-state index < -0.39 is 0 Å². The third-order valence-corrected chi connectivity index (χ3v) is 5.76. The quantitative estimate of drug-likeness (QED) is 0.250. The molecule has 1 aliphatic carbocycles. The molecular formula is C23H38IN5O4. The average Bonchev–Trinajstić information content (AvgIpc) is 3.62. The number of halogens is 1. The number of nitrogens with zero attached hydrogens (tertiary/aromatic N) is 3. The van der Waals surface area contributed by atoms with Crippen molar-refractivity contribution in [2.45, 2.75) is 32.2 Å². The Bertz CT molecular complexity index is 770. The number of aliphatic imine (C=N–C) groups is 1. The van der Waals surface area contributed by atoms with Crippen LogP contribution in [0.5, 0.6) is 17.2 Å². The average molecular weight is 575 g/mol. The van der Waals surface area contributed by atoms with Gasteiger partial charge in [-0.1, -0.05) is 0 Å². The maximum absolute atomic E-state index is 12.1. The highest BCUT2D eigenvalue weighted by atomic mass is 127. The van der Waals surface area contributed by atoms with Crippen LogP contribution in [0.25, 0.3) is 0 Å². The van der Waals surface area contributed by atoms with Crippen molar-refractivity contribution in [3.05, 3.63) is 17.7 Å². The first-order chi connectivity index (χ1) is 15.6. The molecule has 1 aliphatic heterocycles. The van der Waals surface area contributed by atoms with Crippen molar-refractivity contribution >= 4 is 35.8 Å². The van der Waals surface area contributed by atoms with E-state index in [1.807, 2.05) is 12.1 Å². The Morgan fingerprint density at radius 1 is 1.06 bits per heavy atom. The number of piperazine rings is 1. The van der Waals surface area contributed by atoms with Gasteiger partial charge in [0.15, 0.2) is 5.96 Å². The van der Waals surface area contributed by atoms with Crippen LogP contribution in [0.2, 0.25) is 0 Å². The van der Waals surface area contributed by atoms with Gasteiger partial charge in [-0.15, -0.1) is 24.0 Å². The number of hydrogen-bond acceptors (Lipinski definition) is 6. The van der Waals surface area contributed by atoms with Crippen LogP contribution < -0.4 is 24.8 Å². The van der Waals surface area contributed by atoms with E-state index in [0.717, 1.165) is 68.6 Å². The van der Waals surface area contributed by atoms with E-state index in [2.05, 4.69) is 27.4 Å². The fourth-order valence-electron chi connectivity index (χ4n) is 3.85. The van der Waals surface area contributed by atoms with Gasteiger partial charge in [-0.05, 0) is 26.2 Å². The van der Waals surface area contributed by atoms with E-state index in [9.17, 15) is 4.79 Å². The first-order valence-electron chi connectivity index (χ1n) is 11.4. The molecule has 9 nitrogen and oxygen atoms in total. The van der Waals surface area contributed by atoms with Crippen LogP contribution in [0, 0.1) is 0 Å². The number of carbonyl (C=O) groups is 1. The molecule has 186 valence electrons. The summed E-state index contributed by atoms with van der Waals surface area (Å²) in [6.07, 6.45) is 2.93. The number of benzene rings is 1.